The number of fused-ring (bicyclic) bond motifs is 2. The Kier molecular flexibility index (Phi) is 2.71. The van der Waals surface area contributed by atoms with E-state index in [4.69, 9.17) is 11.0 Å². The number of pyridine rings is 1. The Hall–Kier alpha value is -1.60. The molecule has 4 nitrogen and oxygen atoms in total. The van der Waals surface area contributed by atoms with Gasteiger partial charge in [-0.2, -0.15) is 5.26 Å². The molecule has 0 aliphatic carbocycles. The average molecular weight is 242 g/mol. The van der Waals surface area contributed by atoms with Crippen molar-refractivity contribution >= 4 is 5.82 Å². The second kappa shape index (κ2) is 4.25. The van der Waals surface area contributed by atoms with Gasteiger partial charge in [0.25, 0.3) is 0 Å². The Balaban J connectivity index is 1.96. The standard InChI is InChI=1S/C14H18N4/c1-9-4-10(8-15)5-14(17-9)18-12-2-3-13(18)7-11(16)6-12/h4-5,11-13H,2-3,6-7,16H2,1H3. The third-order valence-electron chi connectivity index (χ3n) is 4.10. The molecule has 2 aliphatic heterocycles. The van der Waals surface area contributed by atoms with Crippen LogP contribution in [0, 0.1) is 18.3 Å². The van der Waals surface area contributed by atoms with Gasteiger partial charge < -0.3 is 10.6 Å². The van der Waals surface area contributed by atoms with Gasteiger partial charge in [-0.1, -0.05) is 0 Å². The normalized spacial score (nSPS) is 30.3. The predicted molar refractivity (Wildman–Crippen MR) is 70.2 cm³/mol. The monoisotopic (exact) mass is 242 g/mol. The van der Waals surface area contributed by atoms with Crippen molar-refractivity contribution < 1.29 is 0 Å². The molecule has 0 amide bonds. The van der Waals surface area contributed by atoms with Crippen LogP contribution in [0.3, 0.4) is 0 Å². The number of nitrogens with two attached hydrogens (primary N) is 1. The first kappa shape index (κ1) is 11.5. The summed E-state index contributed by atoms with van der Waals surface area (Å²) < 4.78 is 0. The molecule has 2 atom stereocenters. The third kappa shape index (κ3) is 1.85. The Morgan fingerprint density at radius 2 is 2.00 bits per heavy atom. The molecule has 4 heteroatoms. The largest absolute Gasteiger partial charge is 0.350 e. The highest BCUT2D eigenvalue weighted by Gasteiger charge is 2.40. The van der Waals surface area contributed by atoms with Crippen molar-refractivity contribution in [2.45, 2.75) is 50.7 Å². The lowest BCUT2D eigenvalue weighted by molar-refractivity contribution is 0.412. The SMILES string of the molecule is Cc1cc(C#N)cc(N2C3CCC2CC(N)C3)n1. The molecular formula is C14H18N4. The van der Waals surface area contributed by atoms with Crippen molar-refractivity contribution in [1.82, 2.24) is 4.98 Å². The van der Waals surface area contributed by atoms with Gasteiger partial charge in [0.2, 0.25) is 0 Å². The lowest BCUT2D eigenvalue weighted by Crippen LogP contribution is -2.47. The molecule has 18 heavy (non-hydrogen) atoms. The Labute approximate surface area is 107 Å². The van der Waals surface area contributed by atoms with Crippen LogP contribution in [0.1, 0.15) is 36.9 Å². The topological polar surface area (TPSA) is 65.9 Å². The van der Waals surface area contributed by atoms with Crippen molar-refractivity contribution in [2.75, 3.05) is 4.90 Å². The first-order chi connectivity index (χ1) is 8.67. The molecule has 0 spiro atoms. The van der Waals surface area contributed by atoms with E-state index >= 15 is 0 Å². The molecule has 3 heterocycles. The number of piperidine rings is 1. The highest BCUT2D eigenvalue weighted by Crippen LogP contribution is 2.38. The summed E-state index contributed by atoms with van der Waals surface area (Å²) in [6.45, 7) is 1.95. The van der Waals surface area contributed by atoms with Crippen LogP contribution in [0.15, 0.2) is 12.1 Å². The Bertz CT molecular complexity index is 491. The summed E-state index contributed by atoms with van der Waals surface area (Å²) in [4.78, 5) is 7.01. The van der Waals surface area contributed by atoms with E-state index in [0.717, 1.165) is 24.4 Å². The summed E-state index contributed by atoms with van der Waals surface area (Å²) in [7, 11) is 0. The van der Waals surface area contributed by atoms with E-state index in [9.17, 15) is 0 Å². The molecule has 94 valence electrons. The van der Waals surface area contributed by atoms with E-state index in [2.05, 4.69) is 16.0 Å². The second-order valence-electron chi connectivity index (χ2n) is 5.49. The Morgan fingerprint density at radius 1 is 1.33 bits per heavy atom. The summed E-state index contributed by atoms with van der Waals surface area (Å²) >= 11 is 0. The minimum atomic E-state index is 0.332. The molecule has 0 aromatic carbocycles. The van der Waals surface area contributed by atoms with Crippen molar-refractivity contribution in [2.24, 2.45) is 5.73 Å². The van der Waals surface area contributed by atoms with Gasteiger partial charge >= 0.3 is 0 Å². The van der Waals surface area contributed by atoms with Crippen LogP contribution < -0.4 is 10.6 Å². The fourth-order valence-electron chi connectivity index (χ4n) is 3.44. The van der Waals surface area contributed by atoms with Crippen LogP contribution in [0.4, 0.5) is 5.82 Å². The zero-order valence-corrected chi connectivity index (χ0v) is 10.6. The maximum atomic E-state index is 9.06. The zero-order valence-electron chi connectivity index (χ0n) is 10.6. The summed E-state index contributed by atoms with van der Waals surface area (Å²) in [6.07, 6.45) is 4.51. The molecule has 2 aliphatic rings. The van der Waals surface area contributed by atoms with E-state index in [0.29, 0.717) is 23.7 Å². The molecule has 3 rings (SSSR count). The van der Waals surface area contributed by atoms with Crippen LogP contribution in [0.25, 0.3) is 0 Å². The molecule has 0 radical (unpaired) electrons. The molecule has 2 N–H and O–H groups in total. The maximum Gasteiger partial charge on any atom is 0.130 e. The molecule has 2 saturated heterocycles. The number of hydrogen-bond donors (Lipinski definition) is 1. The maximum absolute atomic E-state index is 9.06. The number of hydrogen-bond acceptors (Lipinski definition) is 4. The molecule has 2 bridgehead atoms. The fraction of sp³-hybridized carbons (Fsp3) is 0.571. The van der Waals surface area contributed by atoms with Crippen molar-refractivity contribution in [1.29, 1.82) is 5.26 Å². The minimum absolute atomic E-state index is 0.332. The number of nitriles is 1. The van der Waals surface area contributed by atoms with E-state index in [-0.39, 0.29) is 0 Å². The number of aryl methyl sites for hydroxylation is 1. The van der Waals surface area contributed by atoms with Gasteiger partial charge in [-0.25, -0.2) is 4.98 Å². The summed E-state index contributed by atoms with van der Waals surface area (Å²) in [5, 5.41) is 9.06. The quantitative estimate of drug-likeness (QED) is 0.814. The molecular weight excluding hydrogens is 224 g/mol. The van der Waals surface area contributed by atoms with Gasteiger partial charge in [0.1, 0.15) is 5.82 Å². The van der Waals surface area contributed by atoms with Gasteiger partial charge in [-0.3, -0.25) is 0 Å². The highest BCUT2D eigenvalue weighted by molar-refractivity contribution is 5.50. The number of anilines is 1. The third-order valence-corrected chi connectivity index (χ3v) is 4.10. The highest BCUT2D eigenvalue weighted by atomic mass is 15.3. The molecule has 2 unspecified atom stereocenters. The number of nitrogens with zero attached hydrogens (tertiary/aromatic N) is 3. The smallest absolute Gasteiger partial charge is 0.130 e. The first-order valence-electron chi connectivity index (χ1n) is 6.60. The molecule has 2 fully saturated rings. The number of aromatic nitrogens is 1. The second-order valence-corrected chi connectivity index (χ2v) is 5.49. The number of rotatable bonds is 1. The molecule has 1 aromatic heterocycles. The lowest BCUT2D eigenvalue weighted by Gasteiger charge is -2.38. The van der Waals surface area contributed by atoms with E-state index in [1.54, 1.807) is 0 Å². The molecule has 0 saturated carbocycles. The first-order valence-corrected chi connectivity index (χ1v) is 6.60. The summed E-state index contributed by atoms with van der Waals surface area (Å²) in [5.74, 6) is 0.964. The van der Waals surface area contributed by atoms with E-state index < -0.39 is 0 Å². The fourth-order valence-corrected chi connectivity index (χ4v) is 3.44. The predicted octanol–water partition coefficient (Wildman–Crippen LogP) is 1.72. The zero-order chi connectivity index (χ0) is 12.7. The van der Waals surface area contributed by atoms with Crippen LogP contribution in [-0.4, -0.2) is 23.1 Å². The average Bonchev–Trinajstić information content (AvgIpc) is 2.61. The van der Waals surface area contributed by atoms with E-state index in [1.807, 2.05) is 19.1 Å². The van der Waals surface area contributed by atoms with Gasteiger partial charge in [0.05, 0.1) is 11.6 Å². The van der Waals surface area contributed by atoms with Gasteiger partial charge in [-0.05, 0) is 44.7 Å². The summed E-state index contributed by atoms with van der Waals surface area (Å²) in [5.41, 5.74) is 7.70. The van der Waals surface area contributed by atoms with Crippen LogP contribution in [0.2, 0.25) is 0 Å². The summed E-state index contributed by atoms with van der Waals surface area (Å²) in [6, 6.07) is 7.32. The minimum Gasteiger partial charge on any atom is -0.350 e. The van der Waals surface area contributed by atoms with Crippen LogP contribution >= 0.6 is 0 Å². The van der Waals surface area contributed by atoms with E-state index in [1.165, 1.54) is 12.8 Å². The van der Waals surface area contributed by atoms with Gasteiger partial charge in [-0.15, -0.1) is 0 Å². The Morgan fingerprint density at radius 3 is 2.61 bits per heavy atom. The van der Waals surface area contributed by atoms with Crippen LogP contribution in [0.5, 0.6) is 0 Å². The van der Waals surface area contributed by atoms with Crippen molar-refractivity contribution in [3.05, 3.63) is 23.4 Å². The van der Waals surface area contributed by atoms with Gasteiger partial charge in [0, 0.05) is 23.8 Å². The lowest BCUT2D eigenvalue weighted by atomic mass is 9.98. The van der Waals surface area contributed by atoms with Crippen molar-refractivity contribution in [3.63, 3.8) is 0 Å². The van der Waals surface area contributed by atoms with Crippen molar-refractivity contribution in [3.8, 4) is 6.07 Å². The molecule has 1 aromatic rings. The van der Waals surface area contributed by atoms with Gasteiger partial charge in [0.15, 0.2) is 0 Å². The van der Waals surface area contributed by atoms with Crippen LogP contribution in [-0.2, 0) is 0 Å².